The smallest absolute Gasteiger partial charge is 0.412 e. The minimum atomic E-state index is -1.08. The molecular formula is C19H18BrN5O4. The van der Waals surface area contributed by atoms with Gasteiger partial charge in [0.05, 0.1) is 28.1 Å². The number of piperidine rings is 1. The number of fused-ring (bicyclic) bond motifs is 1. The van der Waals surface area contributed by atoms with Crippen LogP contribution in [0.3, 0.4) is 0 Å². The van der Waals surface area contributed by atoms with Crippen LogP contribution in [0.4, 0.5) is 16.2 Å². The molecule has 10 heteroatoms. The first-order valence-corrected chi connectivity index (χ1v) is 9.86. The van der Waals surface area contributed by atoms with Gasteiger partial charge in [0.25, 0.3) is 5.91 Å². The van der Waals surface area contributed by atoms with Gasteiger partial charge in [0, 0.05) is 12.7 Å². The number of halogens is 1. The molecule has 4 rings (SSSR count). The van der Waals surface area contributed by atoms with Crippen molar-refractivity contribution in [2.45, 2.75) is 18.9 Å². The molecule has 2 amide bonds. The molecule has 3 aromatic heterocycles. The van der Waals surface area contributed by atoms with E-state index in [2.05, 4.69) is 36.5 Å². The maximum absolute atomic E-state index is 12.8. The molecular weight excluding hydrogens is 442 g/mol. The highest BCUT2D eigenvalue weighted by Gasteiger charge is 2.29. The molecule has 150 valence electrons. The van der Waals surface area contributed by atoms with Gasteiger partial charge >= 0.3 is 6.09 Å². The van der Waals surface area contributed by atoms with Gasteiger partial charge in [-0.15, -0.1) is 0 Å². The standard InChI is InChI=1S/C19H18BrN5O4/c20-12-10-29-16-4-3-13(23-17(12)16)18(26)24-14-9-22-7-5-15(14)25(19(27)28)11-2-1-6-21-8-11/h3-5,7,9-11,21H,1-2,6,8H2,(H,24,26)(H,27,28). The van der Waals surface area contributed by atoms with Crippen molar-refractivity contribution in [2.75, 3.05) is 23.3 Å². The van der Waals surface area contributed by atoms with E-state index < -0.39 is 12.0 Å². The molecule has 3 aromatic rings. The van der Waals surface area contributed by atoms with Crippen LogP contribution in [0, 0.1) is 0 Å². The van der Waals surface area contributed by atoms with Crippen molar-refractivity contribution in [3.05, 3.63) is 47.0 Å². The summed E-state index contributed by atoms with van der Waals surface area (Å²) in [5.74, 6) is -0.471. The van der Waals surface area contributed by atoms with Crippen molar-refractivity contribution in [1.29, 1.82) is 0 Å². The second kappa shape index (κ2) is 8.18. The zero-order valence-electron chi connectivity index (χ0n) is 15.3. The molecule has 9 nitrogen and oxygen atoms in total. The van der Waals surface area contributed by atoms with Crippen LogP contribution < -0.4 is 15.5 Å². The molecule has 4 heterocycles. The highest BCUT2D eigenvalue weighted by molar-refractivity contribution is 9.10. The lowest BCUT2D eigenvalue weighted by atomic mass is 10.1. The van der Waals surface area contributed by atoms with Crippen molar-refractivity contribution in [3.63, 3.8) is 0 Å². The first-order chi connectivity index (χ1) is 14.0. The molecule has 0 aromatic carbocycles. The number of hydrogen-bond acceptors (Lipinski definition) is 6. The van der Waals surface area contributed by atoms with Crippen molar-refractivity contribution in [2.24, 2.45) is 0 Å². The molecule has 1 aliphatic rings. The number of nitrogens with zero attached hydrogens (tertiary/aromatic N) is 3. The fraction of sp³-hybridized carbons (Fsp3) is 0.263. The van der Waals surface area contributed by atoms with E-state index in [1.807, 2.05) is 0 Å². The summed E-state index contributed by atoms with van der Waals surface area (Å²) in [6.07, 6.45) is 4.98. The number of pyridine rings is 2. The molecule has 1 atom stereocenters. The third-order valence-corrected chi connectivity index (χ3v) is 5.32. The average molecular weight is 460 g/mol. The summed E-state index contributed by atoms with van der Waals surface area (Å²) in [4.78, 5) is 34.4. The van der Waals surface area contributed by atoms with E-state index in [-0.39, 0.29) is 11.7 Å². The SMILES string of the molecule is O=C(Nc1cnccc1N(C(=O)O)C1CCCNC1)c1ccc2occ(Br)c2n1. The van der Waals surface area contributed by atoms with Gasteiger partial charge in [0.15, 0.2) is 5.58 Å². The fourth-order valence-corrected chi connectivity index (χ4v) is 3.78. The molecule has 0 radical (unpaired) electrons. The third-order valence-electron chi connectivity index (χ3n) is 4.75. The normalized spacial score (nSPS) is 16.5. The monoisotopic (exact) mass is 459 g/mol. The Hall–Kier alpha value is -2.98. The summed E-state index contributed by atoms with van der Waals surface area (Å²) < 4.78 is 5.96. The van der Waals surface area contributed by atoms with Crippen molar-refractivity contribution in [3.8, 4) is 0 Å². The Labute approximate surface area is 174 Å². The lowest BCUT2D eigenvalue weighted by Gasteiger charge is -2.33. The van der Waals surface area contributed by atoms with E-state index in [1.54, 1.807) is 18.2 Å². The first kappa shape index (κ1) is 19.3. The Bertz CT molecular complexity index is 1060. The predicted octanol–water partition coefficient (Wildman–Crippen LogP) is 3.47. The summed E-state index contributed by atoms with van der Waals surface area (Å²) in [5.41, 5.74) is 1.94. The van der Waals surface area contributed by atoms with Crippen LogP contribution in [-0.2, 0) is 0 Å². The van der Waals surface area contributed by atoms with Gasteiger partial charge in [-0.25, -0.2) is 9.78 Å². The van der Waals surface area contributed by atoms with Crippen LogP contribution in [-0.4, -0.2) is 46.2 Å². The van der Waals surface area contributed by atoms with Crippen LogP contribution in [0.15, 0.2) is 45.7 Å². The Morgan fingerprint density at radius 2 is 2.21 bits per heavy atom. The van der Waals surface area contributed by atoms with Gasteiger partial charge in [0.2, 0.25) is 0 Å². The highest BCUT2D eigenvalue weighted by Crippen LogP contribution is 2.29. The molecule has 0 bridgehead atoms. The van der Waals surface area contributed by atoms with Crippen LogP contribution in [0.1, 0.15) is 23.3 Å². The van der Waals surface area contributed by atoms with E-state index >= 15 is 0 Å². The zero-order valence-corrected chi connectivity index (χ0v) is 16.8. The molecule has 1 aliphatic heterocycles. The molecule has 3 N–H and O–H groups in total. The Kier molecular flexibility index (Phi) is 5.45. The maximum Gasteiger partial charge on any atom is 0.412 e. The number of amides is 2. The molecule has 0 saturated carbocycles. The lowest BCUT2D eigenvalue weighted by Crippen LogP contribution is -2.48. The van der Waals surface area contributed by atoms with Crippen LogP contribution >= 0.6 is 15.9 Å². The molecule has 0 spiro atoms. The lowest BCUT2D eigenvalue weighted by molar-refractivity contribution is 0.102. The van der Waals surface area contributed by atoms with Gasteiger partial charge in [-0.05, 0) is 53.5 Å². The summed E-state index contributed by atoms with van der Waals surface area (Å²) in [5, 5.41) is 15.8. The number of furan rings is 1. The van der Waals surface area contributed by atoms with Gasteiger partial charge in [-0.2, -0.15) is 0 Å². The minimum Gasteiger partial charge on any atom is -0.465 e. The Morgan fingerprint density at radius 1 is 1.34 bits per heavy atom. The molecule has 0 aliphatic carbocycles. The largest absolute Gasteiger partial charge is 0.465 e. The quantitative estimate of drug-likeness (QED) is 0.545. The van der Waals surface area contributed by atoms with Gasteiger partial charge < -0.3 is 20.2 Å². The number of carbonyl (C=O) groups excluding carboxylic acids is 1. The number of nitrogens with one attached hydrogen (secondary N) is 2. The van der Waals surface area contributed by atoms with Crippen LogP contribution in [0.25, 0.3) is 11.1 Å². The van der Waals surface area contributed by atoms with E-state index in [9.17, 15) is 14.7 Å². The molecule has 29 heavy (non-hydrogen) atoms. The Morgan fingerprint density at radius 3 is 2.97 bits per heavy atom. The molecule has 1 saturated heterocycles. The third kappa shape index (κ3) is 3.94. The maximum atomic E-state index is 12.8. The van der Waals surface area contributed by atoms with Crippen molar-refractivity contribution in [1.82, 2.24) is 15.3 Å². The molecule has 1 fully saturated rings. The number of aromatic nitrogens is 2. The van der Waals surface area contributed by atoms with Gasteiger partial charge in [0.1, 0.15) is 17.5 Å². The number of carboxylic acid groups (broad SMARTS) is 1. The minimum absolute atomic E-state index is 0.176. The van der Waals surface area contributed by atoms with Gasteiger partial charge in [-0.1, -0.05) is 0 Å². The summed E-state index contributed by atoms with van der Waals surface area (Å²) in [7, 11) is 0. The fourth-order valence-electron chi connectivity index (χ4n) is 3.40. The second-order valence-electron chi connectivity index (χ2n) is 6.63. The van der Waals surface area contributed by atoms with Gasteiger partial charge in [-0.3, -0.25) is 14.7 Å². The van der Waals surface area contributed by atoms with E-state index in [0.29, 0.717) is 33.5 Å². The highest BCUT2D eigenvalue weighted by atomic mass is 79.9. The molecule has 1 unspecified atom stereocenters. The summed E-state index contributed by atoms with van der Waals surface area (Å²) >= 11 is 3.33. The van der Waals surface area contributed by atoms with Crippen LogP contribution in [0.2, 0.25) is 0 Å². The summed E-state index contributed by atoms with van der Waals surface area (Å²) in [6.45, 7) is 1.41. The number of anilines is 2. The second-order valence-corrected chi connectivity index (χ2v) is 7.48. The first-order valence-electron chi connectivity index (χ1n) is 9.06. The van der Waals surface area contributed by atoms with Crippen molar-refractivity contribution >= 4 is 50.4 Å². The van der Waals surface area contributed by atoms with E-state index in [4.69, 9.17) is 4.42 Å². The number of carbonyl (C=O) groups is 2. The average Bonchev–Trinajstić information content (AvgIpc) is 3.10. The van der Waals surface area contributed by atoms with E-state index in [0.717, 1.165) is 19.4 Å². The number of rotatable bonds is 4. The number of hydrogen-bond donors (Lipinski definition) is 3. The van der Waals surface area contributed by atoms with Crippen LogP contribution in [0.5, 0.6) is 0 Å². The Balaban J connectivity index is 1.63. The summed E-state index contributed by atoms with van der Waals surface area (Å²) in [6, 6.07) is 4.56. The van der Waals surface area contributed by atoms with Crippen molar-refractivity contribution < 1.29 is 19.1 Å². The topological polar surface area (TPSA) is 121 Å². The predicted molar refractivity (Wildman–Crippen MR) is 110 cm³/mol. The van der Waals surface area contributed by atoms with E-state index in [1.165, 1.54) is 23.6 Å². The zero-order chi connectivity index (χ0) is 20.4.